The van der Waals surface area contributed by atoms with Crippen LogP contribution in [0.1, 0.15) is 31.0 Å². The first-order chi connectivity index (χ1) is 18.3. The third kappa shape index (κ3) is 5.70. The van der Waals surface area contributed by atoms with Gasteiger partial charge in [-0.2, -0.15) is 5.10 Å². The van der Waals surface area contributed by atoms with E-state index >= 15 is 0 Å². The second-order valence-corrected chi connectivity index (χ2v) is 9.20. The molecule has 9 heteroatoms. The Balaban J connectivity index is 1.60. The number of halogens is 2. The first-order valence-electron chi connectivity index (χ1n) is 12.1. The van der Waals surface area contributed by atoms with Gasteiger partial charge in [0.15, 0.2) is 5.54 Å². The van der Waals surface area contributed by atoms with Crippen LogP contribution < -0.4 is 10.1 Å². The zero-order valence-corrected chi connectivity index (χ0v) is 21.7. The van der Waals surface area contributed by atoms with E-state index in [0.717, 1.165) is 5.69 Å². The van der Waals surface area contributed by atoms with E-state index in [4.69, 9.17) is 16.3 Å². The number of amides is 1. The number of aromatic nitrogens is 2. The molecule has 0 saturated carbocycles. The number of aryl methyl sites for hydroxylation is 1. The molecular weight excluding hydrogens is 509 g/mol. The van der Waals surface area contributed by atoms with Crippen LogP contribution in [0.25, 0.3) is 16.9 Å². The number of carboxylic acids is 1. The smallest absolute Gasteiger partial charge is 0.334 e. The predicted octanol–water partition coefficient (Wildman–Crippen LogP) is 5.78. The lowest BCUT2D eigenvalue weighted by Gasteiger charge is -2.30. The van der Waals surface area contributed by atoms with E-state index in [1.165, 1.54) is 12.1 Å². The Bertz CT molecular complexity index is 1450. The van der Waals surface area contributed by atoms with Gasteiger partial charge in [-0.25, -0.2) is 13.9 Å². The molecule has 7 nitrogen and oxygen atoms in total. The minimum Gasteiger partial charge on any atom is -0.497 e. The summed E-state index contributed by atoms with van der Waals surface area (Å²) in [4.78, 5) is 25.3. The largest absolute Gasteiger partial charge is 0.497 e. The molecule has 0 radical (unpaired) electrons. The molecule has 0 aliphatic carbocycles. The molecule has 0 bridgehead atoms. The fourth-order valence-corrected chi connectivity index (χ4v) is 4.51. The van der Waals surface area contributed by atoms with Gasteiger partial charge in [0.25, 0.3) is 0 Å². The van der Waals surface area contributed by atoms with Crippen LogP contribution in [0.3, 0.4) is 0 Å². The number of benzene rings is 3. The van der Waals surface area contributed by atoms with Gasteiger partial charge in [-0.1, -0.05) is 42.8 Å². The van der Waals surface area contributed by atoms with Gasteiger partial charge in [0.1, 0.15) is 11.6 Å². The van der Waals surface area contributed by atoms with Crippen molar-refractivity contribution in [3.05, 3.63) is 101 Å². The summed E-state index contributed by atoms with van der Waals surface area (Å²) in [6.45, 7) is 1.69. The fraction of sp³-hybridized carbons (Fsp3) is 0.207. The summed E-state index contributed by atoms with van der Waals surface area (Å²) >= 11 is 6.09. The number of carboxylic acid groups (broad SMARTS) is 1. The van der Waals surface area contributed by atoms with Crippen molar-refractivity contribution in [1.82, 2.24) is 15.1 Å². The van der Waals surface area contributed by atoms with Crippen LogP contribution in [0, 0.1) is 5.82 Å². The molecule has 0 spiro atoms. The summed E-state index contributed by atoms with van der Waals surface area (Å²) < 4.78 is 20.9. The van der Waals surface area contributed by atoms with Crippen LogP contribution >= 0.6 is 11.6 Å². The van der Waals surface area contributed by atoms with Crippen molar-refractivity contribution < 1.29 is 23.8 Å². The third-order valence-corrected chi connectivity index (χ3v) is 6.61. The normalized spacial score (nSPS) is 12.5. The highest BCUT2D eigenvalue weighted by molar-refractivity contribution is 6.30. The molecule has 4 rings (SSSR count). The van der Waals surface area contributed by atoms with Gasteiger partial charge in [-0.3, -0.25) is 4.79 Å². The van der Waals surface area contributed by atoms with Crippen molar-refractivity contribution >= 4 is 23.5 Å². The molecule has 1 unspecified atom stereocenters. The Hall–Kier alpha value is -4.17. The van der Waals surface area contributed by atoms with E-state index in [1.807, 2.05) is 12.1 Å². The van der Waals surface area contributed by atoms with Crippen LogP contribution in [0.5, 0.6) is 5.75 Å². The first-order valence-corrected chi connectivity index (χ1v) is 12.4. The number of rotatable bonds is 10. The average molecular weight is 536 g/mol. The second-order valence-electron chi connectivity index (χ2n) is 8.76. The molecule has 1 heterocycles. The number of carbonyl (C=O) groups excluding carboxylic acids is 1. The summed E-state index contributed by atoms with van der Waals surface area (Å²) in [5, 5.41) is 17.8. The SMILES string of the molecule is CCC(NC(=O)CCc1cc(-c2cccc(F)c2)n(-c2ccc(OC)cc2)n1)(C(=O)O)c1cccc(Cl)c1. The molecule has 3 aromatic carbocycles. The van der Waals surface area contributed by atoms with Gasteiger partial charge < -0.3 is 15.2 Å². The van der Waals surface area contributed by atoms with Gasteiger partial charge in [-0.15, -0.1) is 0 Å². The summed E-state index contributed by atoms with van der Waals surface area (Å²) in [5.74, 6) is -1.31. The highest BCUT2D eigenvalue weighted by Crippen LogP contribution is 2.29. The van der Waals surface area contributed by atoms with E-state index < -0.39 is 17.4 Å². The van der Waals surface area contributed by atoms with E-state index in [2.05, 4.69) is 10.4 Å². The van der Waals surface area contributed by atoms with E-state index in [-0.39, 0.29) is 25.1 Å². The lowest BCUT2D eigenvalue weighted by atomic mass is 9.87. The quantitative estimate of drug-likeness (QED) is 0.268. The van der Waals surface area contributed by atoms with Crippen LogP contribution in [0.4, 0.5) is 4.39 Å². The lowest BCUT2D eigenvalue weighted by molar-refractivity contribution is -0.148. The molecule has 196 valence electrons. The Kier molecular flexibility index (Phi) is 8.12. The number of ether oxygens (including phenoxy) is 1. The maximum absolute atomic E-state index is 14.0. The van der Waals surface area contributed by atoms with Gasteiger partial charge in [0.05, 0.1) is 24.2 Å². The van der Waals surface area contributed by atoms with Gasteiger partial charge in [0, 0.05) is 23.4 Å². The van der Waals surface area contributed by atoms with Crippen LogP contribution in [0.2, 0.25) is 5.02 Å². The van der Waals surface area contributed by atoms with Crippen LogP contribution in [0.15, 0.2) is 78.9 Å². The zero-order valence-electron chi connectivity index (χ0n) is 20.9. The van der Waals surface area contributed by atoms with Crippen LogP contribution in [-0.2, 0) is 21.5 Å². The lowest BCUT2D eigenvalue weighted by Crippen LogP contribution is -2.51. The number of nitrogens with one attached hydrogen (secondary N) is 1. The number of hydrogen-bond donors (Lipinski definition) is 2. The molecule has 1 aromatic heterocycles. The maximum Gasteiger partial charge on any atom is 0.334 e. The molecule has 2 N–H and O–H groups in total. The molecule has 1 amide bonds. The Labute approximate surface area is 224 Å². The standard InChI is InChI=1S/C29H27ClFN3O4/c1-3-29(28(36)37,20-7-5-8-21(30)17-20)32-27(35)15-10-23-18-26(19-6-4-9-22(31)16-19)34(33-23)24-11-13-25(38-2)14-12-24/h4-9,11-14,16-18H,3,10,15H2,1-2H3,(H,32,35)(H,36,37). The van der Waals surface area contributed by atoms with Gasteiger partial charge >= 0.3 is 5.97 Å². The molecule has 0 aliphatic heterocycles. The summed E-state index contributed by atoms with van der Waals surface area (Å²) in [6, 6.07) is 21.7. The Morgan fingerprint density at radius 1 is 1.08 bits per heavy atom. The minimum atomic E-state index is -1.61. The van der Waals surface area contributed by atoms with Crippen molar-refractivity contribution in [2.75, 3.05) is 7.11 Å². The average Bonchev–Trinajstić information content (AvgIpc) is 3.35. The van der Waals surface area contributed by atoms with E-state index in [9.17, 15) is 19.1 Å². The highest BCUT2D eigenvalue weighted by Gasteiger charge is 2.40. The number of nitrogens with zero attached hydrogens (tertiary/aromatic N) is 2. The van der Waals surface area contributed by atoms with Gasteiger partial charge in [0.2, 0.25) is 5.91 Å². The van der Waals surface area contributed by atoms with Crippen LogP contribution in [-0.4, -0.2) is 33.9 Å². The highest BCUT2D eigenvalue weighted by atomic mass is 35.5. The molecule has 1 atom stereocenters. The molecule has 0 aliphatic rings. The van der Waals surface area contributed by atoms with E-state index in [0.29, 0.717) is 33.3 Å². The van der Waals surface area contributed by atoms with Crippen molar-refractivity contribution in [3.63, 3.8) is 0 Å². The predicted molar refractivity (Wildman–Crippen MR) is 143 cm³/mol. The zero-order chi connectivity index (χ0) is 27.3. The number of hydrogen-bond acceptors (Lipinski definition) is 4. The summed E-state index contributed by atoms with van der Waals surface area (Å²) in [5.41, 5.74) is 1.38. The maximum atomic E-state index is 14.0. The number of aliphatic carboxylic acids is 1. The molecule has 0 fully saturated rings. The summed E-state index contributed by atoms with van der Waals surface area (Å²) in [6.07, 6.45) is 0.369. The fourth-order valence-electron chi connectivity index (χ4n) is 4.31. The van der Waals surface area contributed by atoms with E-state index in [1.54, 1.807) is 73.3 Å². The number of methoxy groups -OCH3 is 1. The van der Waals surface area contributed by atoms with Crippen molar-refractivity contribution in [1.29, 1.82) is 0 Å². The second kappa shape index (κ2) is 11.5. The number of carbonyl (C=O) groups is 2. The van der Waals surface area contributed by atoms with Crippen molar-refractivity contribution in [2.45, 2.75) is 31.7 Å². The molecule has 38 heavy (non-hydrogen) atoms. The molecule has 4 aromatic rings. The topological polar surface area (TPSA) is 93.5 Å². The molecule has 0 saturated heterocycles. The first kappa shape index (κ1) is 26.9. The third-order valence-electron chi connectivity index (χ3n) is 6.37. The Morgan fingerprint density at radius 3 is 2.45 bits per heavy atom. The monoisotopic (exact) mass is 535 g/mol. The Morgan fingerprint density at radius 2 is 1.82 bits per heavy atom. The summed E-state index contributed by atoms with van der Waals surface area (Å²) in [7, 11) is 1.58. The molecular formula is C29H27ClFN3O4. The van der Waals surface area contributed by atoms with Crippen molar-refractivity contribution in [2.24, 2.45) is 0 Å². The minimum absolute atomic E-state index is 0.00217. The van der Waals surface area contributed by atoms with Gasteiger partial charge in [-0.05, 0) is 66.6 Å². The van der Waals surface area contributed by atoms with Crippen molar-refractivity contribution in [3.8, 4) is 22.7 Å².